The molecule has 0 saturated carbocycles. The van der Waals surface area contributed by atoms with Gasteiger partial charge in [0.15, 0.2) is 6.19 Å². The summed E-state index contributed by atoms with van der Waals surface area (Å²) in [6, 6.07) is -0.822. The first-order valence-corrected chi connectivity index (χ1v) is 1.22. The SMILES string of the molecule is N#CNC(N)=O.[Na+]. The molecule has 0 atom stereocenters. The van der Waals surface area contributed by atoms with Crippen LogP contribution in [0.5, 0.6) is 0 Å². The van der Waals surface area contributed by atoms with Crippen molar-refractivity contribution < 1.29 is 34.4 Å². The van der Waals surface area contributed by atoms with Crippen molar-refractivity contribution in [2.45, 2.75) is 0 Å². The van der Waals surface area contributed by atoms with Crippen molar-refractivity contribution in [2.24, 2.45) is 5.73 Å². The van der Waals surface area contributed by atoms with Gasteiger partial charge in [-0.05, 0) is 0 Å². The Hall–Kier alpha value is -0.240. The minimum atomic E-state index is -0.822. The molecule has 0 unspecified atom stereocenters. The molecular weight excluding hydrogens is 105 g/mol. The minimum Gasteiger partial charge on any atom is -0.351 e. The van der Waals surface area contributed by atoms with E-state index in [0.717, 1.165) is 0 Å². The molecule has 0 spiro atoms. The van der Waals surface area contributed by atoms with Crippen LogP contribution in [0.15, 0.2) is 0 Å². The van der Waals surface area contributed by atoms with Crippen LogP contribution in [0.2, 0.25) is 0 Å². The number of amides is 2. The maximum atomic E-state index is 9.49. The summed E-state index contributed by atoms with van der Waals surface area (Å²) in [5.41, 5.74) is 4.43. The molecule has 7 heavy (non-hydrogen) atoms. The van der Waals surface area contributed by atoms with E-state index >= 15 is 0 Å². The monoisotopic (exact) mass is 108 g/mol. The number of urea groups is 1. The Kier molecular flexibility index (Phi) is 8.15. The van der Waals surface area contributed by atoms with Gasteiger partial charge in [0.05, 0.1) is 0 Å². The van der Waals surface area contributed by atoms with Crippen molar-refractivity contribution in [1.29, 1.82) is 5.26 Å². The zero-order valence-corrected chi connectivity index (χ0v) is 5.93. The summed E-state index contributed by atoms with van der Waals surface area (Å²) < 4.78 is 0. The largest absolute Gasteiger partial charge is 1.00 e. The van der Waals surface area contributed by atoms with Crippen molar-refractivity contribution >= 4 is 6.03 Å². The fourth-order valence-electron chi connectivity index (χ4n) is 0.0551. The van der Waals surface area contributed by atoms with Crippen LogP contribution in [0.3, 0.4) is 0 Å². The first-order valence-electron chi connectivity index (χ1n) is 1.22. The molecule has 0 saturated heterocycles. The first kappa shape index (κ1) is 9.90. The van der Waals surface area contributed by atoms with Crippen LogP contribution in [0, 0.1) is 11.5 Å². The molecule has 32 valence electrons. The summed E-state index contributed by atoms with van der Waals surface area (Å²) >= 11 is 0. The summed E-state index contributed by atoms with van der Waals surface area (Å²) in [5.74, 6) is 0. The van der Waals surface area contributed by atoms with Crippen LogP contribution in [0.1, 0.15) is 0 Å². The number of hydrogen-bond acceptors (Lipinski definition) is 2. The van der Waals surface area contributed by atoms with Crippen molar-refractivity contribution in [3.8, 4) is 6.19 Å². The number of nitrogens with one attached hydrogen (secondary N) is 1. The van der Waals surface area contributed by atoms with Crippen molar-refractivity contribution in [3.05, 3.63) is 0 Å². The second-order valence-electron chi connectivity index (χ2n) is 0.601. The Bertz CT molecular complexity index is 95.6. The maximum absolute atomic E-state index is 9.49. The first-order chi connectivity index (χ1) is 2.77. The predicted molar refractivity (Wildman–Crippen MR) is 18.3 cm³/mol. The molecule has 2 amide bonds. The van der Waals surface area contributed by atoms with Crippen LogP contribution in [0.4, 0.5) is 4.79 Å². The second kappa shape index (κ2) is 5.76. The van der Waals surface area contributed by atoms with Crippen LogP contribution >= 0.6 is 0 Å². The van der Waals surface area contributed by atoms with Gasteiger partial charge >= 0.3 is 35.6 Å². The molecular formula is C2H3N3NaO+. The van der Waals surface area contributed by atoms with Gasteiger partial charge in [-0.1, -0.05) is 0 Å². The Morgan fingerprint density at radius 1 is 1.86 bits per heavy atom. The molecule has 4 nitrogen and oxygen atoms in total. The zero-order valence-electron chi connectivity index (χ0n) is 3.93. The van der Waals surface area contributed by atoms with E-state index < -0.39 is 6.03 Å². The third-order valence-electron chi connectivity index (χ3n) is 0.179. The molecule has 0 heterocycles. The van der Waals surface area contributed by atoms with E-state index in [1.54, 1.807) is 5.32 Å². The van der Waals surface area contributed by atoms with Crippen LogP contribution in [-0.4, -0.2) is 6.03 Å². The molecule has 3 N–H and O–H groups in total. The van der Waals surface area contributed by atoms with Crippen LogP contribution in [-0.2, 0) is 0 Å². The van der Waals surface area contributed by atoms with E-state index in [2.05, 4.69) is 5.73 Å². The van der Waals surface area contributed by atoms with Gasteiger partial charge in [-0.15, -0.1) is 0 Å². The van der Waals surface area contributed by atoms with E-state index in [4.69, 9.17) is 5.26 Å². The van der Waals surface area contributed by atoms with E-state index in [9.17, 15) is 4.79 Å². The van der Waals surface area contributed by atoms with Gasteiger partial charge in [-0.2, -0.15) is 5.26 Å². The molecule has 5 heteroatoms. The number of hydrogen-bond donors (Lipinski definition) is 2. The topological polar surface area (TPSA) is 78.9 Å². The number of primary amides is 1. The van der Waals surface area contributed by atoms with Crippen LogP contribution < -0.4 is 40.6 Å². The van der Waals surface area contributed by atoms with E-state index in [1.165, 1.54) is 6.19 Å². The number of nitrogens with two attached hydrogens (primary N) is 1. The standard InChI is InChI=1S/C2H3N3O.Na/c3-1-5-2(4)6;/h(H3,4,5,6);/q;+1. The number of rotatable bonds is 0. The van der Waals surface area contributed by atoms with Gasteiger partial charge in [0.25, 0.3) is 0 Å². The van der Waals surface area contributed by atoms with Gasteiger partial charge in [0.2, 0.25) is 0 Å². The molecule has 0 bridgehead atoms. The van der Waals surface area contributed by atoms with Gasteiger partial charge in [-0.3, -0.25) is 0 Å². The molecule has 0 aliphatic rings. The number of nitriles is 1. The minimum absolute atomic E-state index is 0. The van der Waals surface area contributed by atoms with Gasteiger partial charge in [-0.25, -0.2) is 10.1 Å². The summed E-state index contributed by atoms with van der Waals surface area (Å²) in [6.45, 7) is 0. The van der Waals surface area contributed by atoms with E-state index in [1.807, 2.05) is 0 Å². The number of nitrogens with zero attached hydrogens (tertiary/aromatic N) is 1. The Balaban J connectivity index is 0. The normalized spacial score (nSPS) is 5.00. The molecule has 0 rings (SSSR count). The number of carbonyl (C=O) groups is 1. The van der Waals surface area contributed by atoms with Crippen molar-refractivity contribution in [2.75, 3.05) is 0 Å². The Morgan fingerprint density at radius 3 is 2.29 bits per heavy atom. The van der Waals surface area contributed by atoms with Crippen molar-refractivity contribution in [3.63, 3.8) is 0 Å². The molecule has 0 aromatic carbocycles. The fraction of sp³-hybridized carbons (Fsp3) is 0. The van der Waals surface area contributed by atoms with Crippen molar-refractivity contribution in [1.82, 2.24) is 5.32 Å². The molecule has 0 aromatic heterocycles. The van der Waals surface area contributed by atoms with Gasteiger partial charge < -0.3 is 5.73 Å². The van der Waals surface area contributed by atoms with Gasteiger partial charge in [0, 0.05) is 0 Å². The third kappa shape index (κ3) is 10.7. The summed E-state index contributed by atoms with van der Waals surface area (Å²) in [4.78, 5) is 9.49. The zero-order chi connectivity index (χ0) is 4.99. The predicted octanol–water partition coefficient (Wildman–Crippen LogP) is -3.86. The molecule has 0 aliphatic heterocycles. The second-order valence-corrected chi connectivity index (χ2v) is 0.601. The maximum Gasteiger partial charge on any atom is 1.00 e. The Morgan fingerprint density at radius 2 is 2.29 bits per heavy atom. The smallest absolute Gasteiger partial charge is 0.351 e. The van der Waals surface area contributed by atoms with Gasteiger partial charge in [0.1, 0.15) is 0 Å². The quantitative estimate of drug-likeness (QED) is 0.189. The Labute approximate surface area is 63.0 Å². The molecule has 0 aliphatic carbocycles. The summed E-state index contributed by atoms with van der Waals surface area (Å²) in [5, 5.41) is 9.23. The average molecular weight is 108 g/mol. The summed E-state index contributed by atoms with van der Waals surface area (Å²) in [7, 11) is 0. The third-order valence-corrected chi connectivity index (χ3v) is 0.179. The van der Waals surface area contributed by atoms with Crippen LogP contribution in [0.25, 0.3) is 0 Å². The molecule has 0 aromatic rings. The van der Waals surface area contributed by atoms with E-state index in [-0.39, 0.29) is 29.6 Å². The summed E-state index contributed by atoms with van der Waals surface area (Å²) in [6.07, 6.45) is 1.34. The fourth-order valence-corrected chi connectivity index (χ4v) is 0.0551. The molecule has 0 radical (unpaired) electrons. The number of carbonyl (C=O) groups excluding carboxylic acids is 1. The average Bonchev–Trinajstić information content (AvgIpc) is 1.35. The molecule has 0 fully saturated rings. The van der Waals surface area contributed by atoms with E-state index in [0.29, 0.717) is 0 Å².